The van der Waals surface area contributed by atoms with Gasteiger partial charge in [-0.15, -0.1) is 0 Å². The summed E-state index contributed by atoms with van der Waals surface area (Å²) >= 11 is 0. The number of benzene rings is 1. The lowest BCUT2D eigenvalue weighted by molar-refractivity contribution is 0.0443. The third kappa shape index (κ3) is 3.57. The summed E-state index contributed by atoms with van der Waals surface area (Å²) in [5.74, 6) is 0. The molecule has 0 amide bonds. The van der Waals surface area contributed by atoms with Crippen molar-refractivity contribution in [1.29, 1.82) is 0 Å². The molecule has 0 aromatic heterocycles. The largest absolute Gasteiger partial charge is 0.385 e. The van der Waals surface area contributed by atoms with Crippen LogP contribution in [0.4, 0.5) is 0 Å². The smallest absolute Gasteiger partial charge is 0.0871 e. The molecule has 0 saturated heterocycles. The third-order valence-electron chi connectivity index (χ3n) is 3.69. The van der Waals surface area contributed by atoms with Crippen LogP contribution in [0, 0.1) is 20.8 Å². The summed E-state index contributed by atoms with van der Waals surface area (Å²) in [7, 11) is 0. The summed E-state index contributed by atoms with van der Waals surface area (Å²) in [5.41, 5.74) is 4.18. The number of aliphatic hydroxyl groups is 1. The van der Waals surface area contributed by atoms with E-state index < -0.39 is 5.60 Å². The van der Waals surface area contributed by atoms with Crippen molar-refractivity contribution in [1.82, 2.24) is 0 Å². The molecule has 1 N–H and O–H groups in total. The van der Waals surface area contributed by atoms with Crippen LogP contribution in [0.15, 0.2) is 12.1 Å². The zero-order chi connectivity index (χ0) is 13.1. The molecule has 1 aromatic carbocycles. The predicted molar refractivity (Wildman–Crippen MR) is 74.4 cm³/mol. The monoisotopic (exact) mass is 234 g/mol. The maximum Gasteiger partial charge on any atom is 0.0871 e. The molecule has 96 valence electrons. The van der Waals surface area contributed by atoms with Gasteiger partial charge in [0.05, 0.1) is 5.60 Å². The quantitative estimate of drug-likeness (QED) is 0.749. The topological polar surface area (TPSA) is 20.2 Å². The Labute approximate surface area is 106 Å². The first-order valence-electron chi connectivity index (χ1n) is 6.69. The van der Waals surface area contributed by atoms with Gasteiger partial charge >= 0.3 is 0 Å². The number of unbranched alkanes of at least 4 members (excludes halogenated alkanes) is 2. The maximum atomic E-state index is 10.6. The molecule has 1 unspecified atom stereocenters. The fourth-order valence-electron chi connectivity index (χ4n) is 2.39. The second-order valence-electron chi connectivity index (χ2n) is 5.48. The van der Waals surface area contributed by atoms with Gasteiger partial charge in [0.15, 0.2) is 0 Å². The molecule has 0 aliphatic rings. The van der Waals surface area contributed by atoms with Gasteiger partial charge in [-0.05, 0) is 56.4 Å². The Morgan fingerprint density at radius 1 is 1.00 bits per heavy atom. The average molecular weight is 234 g/mol. The van der Waals surface area contributed by atoms with Gasteiger partial charge < -0.3 is 5.11 Å². The second kappa shape index (κ2) is 5.68. The summed E-state index contributed by atoms with van der Waals surface area (Å²) in [4.78, 5) is 0. The van der Waals surface area contributed by atoms with Crippen molar-refractivity contribution in [2.24, 2.45) is 0 Å². The number of hydrogen-bond acceptors (Lipinski definition) is 1. The van der Waals surface area contributed by atoms with Gasteiger partial charge in [0.25, 0.3) is 0 Å². The molecule has 0 saturated carbocycles. The molecule has 1 rings (SSSR count). The van der Waals surface area contributed by atoms with Crippen molar-refractivity contribution < 1.29 is 5.11 Å². The van der Waals surface area contributed by atoms with E-state index in [1.165, 1.54) is 29.5 Å². The summed E-state index contributed by atoms with van der Waals surface area (Å²) in [5, 5.41) is 10.6. The normalized spacial score (nSPS) is 14.7. The van der Waals surface area contributed by atoms with Gasteiger partial charge in [0, 0.05) is 0 Å². The summed E-state index contributed by atoms with van der Waals surface area (Å²) in [6.45, 7) is 10.5. The van der Waals surface area contributed by atoms with Gasteiger partial charge in [-0.3, -0.25) is 0 Å². The molecule has 17 heavy (non-hydrogen) atoms. The number of hydrogen-bond donors (Lipinski definition) is 1. The maximum absolute atomic E-state index is 10.6. The first-order valence-corrected chi connectivity index (χ1v) is 6.69. The lowest BCUT2D eigenvalue weighted by Crippen LogP contribution is -2.22. The minimum Gasteiger partial charge on any atom is -0.385 e. The summed E-state index contributed by atoms with van der Waals surface area (Å²) < 4.78 is 0. The molecule has 1 nitrogen and oxygen atoms in total. The Balaban J connectivity index is 2.93. The number of rotatable bonds is 5. The molecule has 0 aliphatic carbocycles. The molecule has 0 bridgehead atoms. The lowest BCUT2D eigenvalue weighted by atomic mass is 9.85. The van der Waals surface area contributed by atoms with E-state index in [2.05, 4.69) is 39.8 Å². The highest BCUT2D eigenvalue weighted by molar-refractivity contribution is 5.39. The van der Waals surface area contributed by atoms with Crippen molar-refractivity contribution >= 4 is 0 Å². The van der Waals surface area contributed by atoms with Crippen LogP contribution in [-0.2, 0) is 5.60 Å². The van der Waals surface area contributed by atoms with Crippen molar-refractivity contribution in [3.05, 3.63) is 34.4 Å². The zero-order valence-corrected chi connectivity index (χ0v) is 11.9. The van der Waals surface area contributed by atoms with Crippen LogP contribution >= 0.6 is 0 Å². The van der Waals surface area contributed by atoms with Gasteiger partial charge in [0.2, 0.25) is 0 Å². The van der Waals surface area contributed by atoms with Gasteiger partial charge in [0.1, 0.15) is 0 Å². The summed E-state index contributed by atoms with van der Waals surface area (Å²) in [6.07, 6.45) is 4.34. The minimum atomic E-state index is -0.683. The van der Waals surface area contributed by atoms with Crippen molar-refractivity contribution in [2.75, 3.05) is 0 Å². The Bertz CT molecular complexity index is 377. The van der Waals surface area contributed by atoms with E-state index in [-0.39, 0.29) is 0 Å². The van der Waals surface area contributed by atoms with E-state index in [4.69, 9.17) is 0 Å². The SMILES string of the molecule is CCCCCC(C)(O)c1cc(C)c(C)cc1C. The molecule has 0 fully saturated rings. The van der Waals surface area contributed by atoms with Crippen LogP contribution in [0.2, 0.25) is 0 Å². The van der Waals surface area contributed by atoms with Crippen molar-refractivity contribution in [3.63, 3.8) is 0 Å². The molecule has 0 spiro atoms. The van der Waals surface area contributed by atoms with Gasteiger partial charge in [-0.1, -0.05) is 38.3 Å². The number of aryl methyl sites for hydroxylation is 3. The molecular formula is C16H26O. The van der Waals surface area contributed by atoms with Gasteiger partial charge in [-0.25, -0.2) is 0 Å². The van der Waals surface area contributed by atoms with E-state index in [1.807, 2.05) is 6.92 Å². The third-order valence-corrected chi connectivity index (χ3v) is 3.69. The zero-order valence-electron chi connectivity index (χ0n) is 11.9. The van der Waals surface area contributed by atoms with E-state index in [0.29, 0.717) is 0 Å². The van der Waals surface area contributed by atoms with Crippen LogP contribution in [0.25, 0.3) is 0 Å². The van der Waals surface area contributed by atoms with E-state index in [1.54, 1.807) is 0 Å². The Morgan fingerprint density at radius 3 is 2.18 bits per heavy atom. The predicted octanol–water partition coefficient (Wildman–Crippen LogP) is 4.40. The first kappa shape index (κ1) is 14.2. The van der Waals surface area contributed by atoms with Crippen LogP contribution in [0.3, 0.4) is 0 Å². The van der Waals surface area contributed by atoms with E-state index >= 15 is 0 Å². The fourth-order valence-corrected chi connectivity index (χ4v) is 2.39. The average Bonchev–Trinajstić information content (AvgIpc) is 2.23. The molecule has 1 atom stereocenters. The molecule has 1 aromatic rings. The standard InChI is InChI=1S/C16H26O/c1-6-7-8-9-16(5,17)15-11-13(3)12(2)10-14(15)4/h10-11,17H,6-9H2,1-5H3. The minimum absolute atomic E-state index is 0.683. The molecule has 0 aliphatic heterocycles. The van der Waals surface area contributed by atoms with Crippen molar-refractivity contribution in [3.8, 4) is 0 Å². The van der Waals surface area contributed by atoms with Crippen LogP contribution in [0.1, 0.15) is 61.8 Å². The molecule has 0 radical (unpaired) electrons. The summed E-state index contributed by atoms with van der Waals surface area (Å²) in [6, 6.07) is 4.33. The van der Waals surface area contributed by atoms with Crippen LogP contribution in [0.5, 0.6) is 0 Å². The molecular weight excluding hydrogens is 208 g/mol. The second-order valence-corrected chi connectivity index (χ2v) is 5.48. The van der Waals surface area contributed by atoms with Crippen LogP contribution in [-0.4, -0.2) is 5.11 Å². The highest BCUT2D eigenvalue weighted by Gasteiger charge is 2.24. The highest BCUT2D eigenvalue weighted by Crippen LogP contribution is 2.31. The Hall–Kier alpha value is -0.820. The van der Waals surface area contributed by atoms with E-state index in [0.717, 1.165) is 18.4 Å². The van der Waals surface area contributed by atoms with E-state index in [9.17, 15) is 5.11 Å². The fraction of sp³-hybridized carbons (Fsp3) is 0.625. The first-order chi connectivity index (χ1) is 7.88. The molecule has 1 heteroatoms. The lowest BCUT2D eigenvalue weighted by Gasteiger charge is -2.26. The molecule has 0 heterocycles. The van der Waals surface area contributed by atoms with Crippen molar-refractivity contribution in [2.45, 2.75) is 65.9 Å². The van der Waals surface area contributed by atoms with Crippen LogP contribution < -0.4 is 0 Å². The Morgan fingerprint density at radius 2 is 1.59 bits per heavy atom. The highest BCUT2D eigenvalue weighted by atomic mass is 16.3. The Kier molecular flexibility index (Phi) is 4.76. The van der Waals surface area contributed by atoms with Gasteiger partial charge in [-0.2, -0.15) is 0 Å².